The molecule has 0 spiro atoms. The van der Waals surface area contributed by atoms with E-state index in [1.165, 1.54) is 0 Å². The zero-order chi connectivity index (χ0) is 31.3. The van der Waals surface area contributed by atoms with Crippen LogP contribution in [0.5, 0.6) is 0 Å². The SMILES string of the molecule is CO[C@H]1CCN(c2nccc(Nc3cc4c(cn3)c(C(=O)NC3CCN(CCCOC5CNC5)CC3)cn4C(C)C)n2)C[C@H]1F. The van der Waals surface area contributed by atoms with Crippen LogP contribution in [0.2, 0.25) is 0 Å². The number of hydrogen-bond donors (Lipinski definition) is 3. The Hall–Kier alpha value is -3.39. The van der Waals surface area contributed by atoms with Crippen molar-refractivity contribution in [2.75, 3.05) is 69.7 Å². The third-order valence-corrected chi connectivity index (χ3v) is 9.13. The first-order valence-electron chi connectivity index (χ1n) is 16.3. The average molecular weight is 624 g/mol. The number of methoxy groups -OCH3 is 1. The molecule has 3 aliphatic rings. The second-order valence-electron chi connectivity index (χ2n) is 12.6. The maximum atomic E-state index is 14.5. The number of carbonyl (C=O) groups excluding carboxylic acids is 1. The van der Waals surface area contributed by atoms with Gasteiger partial charge in [-0.05, 0) is 45.6 Å². The van der Waals surface area contributed by atoms with Crippen molar-refractivity contribution >= 4 is 34.4 Å². The number of piperidine rings is 2. The summed E-state index contributed by atoms with van der Waals surface area (Å²) >= 11 is 0. The van der Waals surface area contributed by atoms with Crippen LogP contribution < -0.4 is 20.9 Å². The van der Waals surface area contributed by atoms with Gasteiger partial charge < -0.3 is 39.8 Å². The Balaban J connectivity index is 1.07. The van der Waals surface area contributed by atoms with Crippen molar-refractivity contribution in [2.45, 2.75) is 70.0 Å². The topological polar surface area (TPSA) is 122 Å². The van der Waals surface area contributed by atoms with E-state index in [0.29, 0.717) is 42.2 Å². The largest absolute Gasteiger partial charge is 0.378 e. The van der Waals surface area contributed by atoms with Crippen LogP contribution in [-0.4, -0.2) is 114 Å². The molecule has 0 unspecified atom stereocenters. The number of pyridine rings is 1. The lowest BCUT2D eigenvalue weighted by Gasteiger charge is -2.33. The lowest BCUT2D eigenvalue weighted by atomic mass is 10.0. The standard InChI is InChI=1S/C32H46FN9O3/c1-21(2)42-19-25(31(43)37-22-6-11-40(12-7-22)10-4-14-45-23-16-34-17-23)24-18-36-30(15-27(24)42)38-29-5-9-35-32(39-29)41-13-8-28(44-3)26(33)20-41/h5,9,15,18-19,21-23,26,28,34H,4,6-8,10-14,16-17,20H2,1-3H3,(H,37,43)(H,35,36,38,39)/t26-,28+/m1/s1. The Morgan fingerprint density at radius 3 is 2.69 bits per heavy atom. The molecule has 12 nitrogen and oxygen atoms in total. The molecule has 3 saturated heterocycles. The van der Waals surface area contributed by atoms with E-state index in [1.54, 1.807) is 25.6 Å². The van der Waals surface area contributed by atoms with Crippen molar-refractivity contribution < 1.29 is 18.7 Å². The van der Waals surface area contributed by atoms with Crippen LogP contribution in [0.4, 0.5) is 22.0 Å². The zero-order valence-electron chi connectivity index (χ0n) is 26.5. The average Bonchev–Trinajstić information content (AvgIpc) is 3.40. The van der Waals surface area contributed by atoms with Crippen molar-refractivity contribution in [1.82, 2.24) is 35.1 Å². The maximum Gasteiger partial charge on any atom is 0.253 e. The first-order valence-corrected chi connectivity index (χ1v) is 16.3. The smallest absolute Gasteiger partial charge is 0.253 e. The molecule has 3 N–H and O–H groups in total. The van der Waals surface area contributed by atoms with E-state index >= 15 is 0 Å². The summed E-state index contributed by atoms with van der Waals surface area (Å²) in [4.78, 5) is 31.4. The summed E-state index contributed by atoms with van der Waals surface area (Å²) in [5.41, 5.74) is 1.55. The van der Waals surface area contributed by atoms with Gasteiger partial charge in [0.15, 0.2) is 0 Å². The first kappa shape index (κ1) is 31.6. The van der Waals surface area contributed by atoms with Crippen LogP contribution >= 0.6 is 0 Å². The number of hydrogen-bond acceptors (Lipinski definition) is 10. The minimum absolute atomic E-state index is 0.0632. The highest BCUT2D eigenvalue weighted by molar-refractivity contribution is 6.07. The highest BCUT2D eigenvalue weighted by Crippen LogP contribution is 2.28. The van der Waals surface area contributed by atoms with Crippen molar-refractivity contribution in [1.29, 1.82) is 0 Å². The molecule has 13 heteroatoms. The number of halogens is 1. The number of likely N-dealkylation sites (tertiary alicyclic amines) is 1. The van der Waals surface area contributed by atoms with Gasteiger partial charge in [0.1, 0.15) is 17.8 Å². The number of nitrogens with zero attached hydrogens (tertiary/aromatic N) is 6. The van der Waals surface area contributed by atoms with Gasteiger partial charge in [-0.1, -0.05) is 0 Å². The third-order valence-electron chi connectivity index (χ3n) is 9.13. The monoisotopic (exact) mass is 623 g/mol. The summed E-state index contributed by atoms with van der Waals surface area (Å²) in [7, 11) is 1.54. The van der Waals surface area contributed by atoms with Crippen LogP contribution in [0, 0.1) is 0 Å². The maximum absolute atomic E-state index is 14.5. The summed E-state index contributed by atoms with van der Waals surface area (Å²) in [6.45, 7) is 10.7. The summed E-state index contributed by atoms with van der Waals surface area (Å²) < 4.78 is 27.7. The summed E-state index contributed by atoms with van der Waals surface area (Å²) in [6.07, 6.45) is 7.72. The second kappa shape index (κ2) is 14.4. The highest BCUT2D eigenvalue weighted by Gasteiger charge is 2.30. The number of amides is 1. The van der Waals surface area contributed by atoms with E-state index in [-0.39, 0.29) is 24.5 Å². The quantitative estimate of drug-likeness (QED) is 0.259. The summed E-state index contributed by atoms with van der Waals surface area (Å²) in [5, 5.41) is 10.6. The van der Waals surface area contributed by atoms with Crippen LogP contribution in [0.1, 0.15) is 55.9 Å². The van der Waals surface area contributed by atoms with Gasteiger partial charge in [-0.3, -0.25) is 4.79 Å². The van der Waals surface area contributed by atoms with E-state index in [2.05, 4.69) is 54.2 Å². The first-order chi connectivity index (χ1) is 21.9. The molecule has 0 radical (unpaired) electrons. The Morgan fingerprint density at radius 2 is 1.98 bits per heavy atom. The van der Waals surface area contributed by atoms with Gasteiger partial charge in [0.2, 0.25) is 5.95 Å². The van der Waals surface area contributed by atoms with E-state index in [0.717, 1.165) is 69.5 Å². The Bertz CT molecular complexity index is 1440. The van der Waals surface area contributed by atoms with Gasteiger partial charge in [-0.25, -0.2) is 14.4 Å². The second-order valence-corrected chi connectivity index (χ2v) is 12.6. The third kappa shape index (κ3) is 7.54. The van der Waals surface area contributed by atoms with Gasteiger partial charge >= 0.3 is 0 Å². The Morgan fingerprint density at radius 1 is 1.16 bits per heavy atom. The van der Waals surface area contributed by atoms with Crippen molar-refractivity contribution in [3.63, 3.8) is 0 Å². The molecule has 6 heterocycles. The minimum atomic E-state index is -1.10. The fourth-order valence-electron chi connectivity index (χ4n) is 6.33. The fraction of sp³-hybridized carbons (Fsp3) is 0.625. The number of nitrogens with one attached hydrogen (secondary N) is 3. The molecule has 2 atom stereocenters. The predicted octanol–water partition coefficient (Wildman–Crippen LogP) is 3.29. The molecule has 244 valence electrons. The molecule has 0 bridgehead atoms. The summed E-state index contributed by atoms with van der Waals surface area (Å²) in [6, 6.07) is 4.00. The Kier molecular flexibility index (Phi) is 10.1. The minimum Gasteiger partial charge on any atom is -0.378 e. The molecular weight excluding hydrogens is 577 g/mol. The number of fused-ring (bicyclic) bond motifs is 1. The molecule has 3 fully saturated rings. The van der Waals surface area contributed by atoms with Gasteiger partial charge in [0.05, 0.1) is 29.8 Å². The van der Waals surface area contributed by atoms with E-state index in [4.69, 9.17) is 9.47 Å². The molecule has 45 heavy (non-hydrogen) atoms. The molecular formula is C32H46FN9O3. The lowest BCUT2D eigenvalue weighted by molar-refractivity contribution is 0.0136. The normalized spacial score (nSPS) is 21.8. The number of rotatable bonds is 12. The molecule has 0 aromatic carbocycles. The highest BCUT2D eigenvalue weighted by atomic mass is 19.1. The molecule has 3 aromatic rings. The number of carbonyl (C=O) groups is 1. The van der Waals surface area contributed by atoms with Crippen molar-refractivity contribution in [2.24, 2.45) is 0 Å². The Labute approximate surface area is 264 Å². The van der Waals surface area contributed by atoms with Gasteiger partial charge in [-0.2, -0.15) is 4.98 Å². The lowest BCUT2D eigenvalue weighted by Crippen LogP contribution is -2.48. The fourth-order valence-corrected chi connectivity index (χ4v) is 6.33. The van der Waals surface area contributed by atoms with Gasteiger partial charge in [0, 0.05) is 95.1 Å². The molecule has 1 amide bonds. The van der Waals surface area contributed by atoms with Crippen LogP contribution in [0.15, 0.2) is 30.7 Å². The number of ether oxygens (including phenoxy) is 2. The zero-order valence-corrected chi connectivity index (χ0v) is 26.5. The molecule has 0 aliphatic carbocycles. The molecule has 6 rings (SSSR count). The van der Waals surface area contributed by atoms with Crippen molar-refractivity contribution in [3.05, 3.63) is 36.3 Å². The van der Waals surface area contributed by atoms with Gasteiger partial charge in [0.25, 0.3) is 5.91 Å². The van der Waals surface area contributed by atoms with Crippen LogP contribution in [0.25, 0.3) is 10.9 Å². The number of aromatic nitrogens is 4. The van der Waals surface area contributed by atoms with E-state index in [1.807, 2.05) is 17.2 Å². The van der Waals surface area contributed by atoms with Crippen LogP contribution in [0.3, 0.4) is 0 Å². The van der Waals surface area contributed by atoms with E-state index in [9.17, 15) is 9.18 Å². The van der Waals surface area contributed by atoms with Gasteiger partial charge in [-0.15, -0.1) is 0 Å². The van der Waals surface area contributed by atoms with Crippen molar-refractivity contribution in [3.8, 4) is 0 Å². The summed E-state index contributed by atoms with van der Waals surface area (Å²) in [5.74, 6) is 1.56. The number of anilines is 3. The molecule has 3 aliphatic heterocycles. The molecule has 3 aromatic heterocycles. The number of alkyl halides is 1. The van der Waals surface area contributed by atoms with Crippen LogP contribution in [-0.2, 0) is 9.47 Å². The predicted molar refractivity (Wildman–Crippen MR) is 172 cm³/mol. The molecule has 0 saturated carbocycles. The van der Waals surface area contributed by atoms with E-state index < -0.39 is 12.3 Å².